The van der Waals surface area contributed by atoms with E-state index in [9.17, 15) is 9.59 Å². The number of nitrogens with zero attached hydrogens (tertiary/aromatic N) is 2. The van der Waals surface area contributed by atoms with Crippen LogP contribution in [0.2, 0.25) is 0 Å². The Bertz CT molecular complexity index is 564. The predicted molar refractivity (Wildman–Crippen MR) is 113 cm³/mol. The number of hydrogen-bond acceptors (Lipinski definition) is 4. The van der Waals surface area contributed by atoms with E-state index in [4.69, 9.17) is 5.73 Å². The van der Waals surface area contributed by atoms with Gasteiger partial charge in [0, 0.05) is 32.7 Å². The topological polar surface area (TPSA) is 78.7 Å². The van der Waals surface area contributed by atoms with Crippen LogP contribution in [0, 0.1) is 5.92 Å². The van der Waals surface area contributed by atoms with E-state index in [1.807, 2.05) is 35.2 Å². The van der Waals surface area contributed by atoms with E-state index in [1.54, 1.807) is 0 Å². The molecule has 8 heteroatoms. The van der Waals surface area contributed by atoms with Gasteiger partial charge in [-0.25, -0.2) is 0 Å². The molecule has 1 fully saturated rings. The summed E-state index contributed by atoms with van der Waals surface area (Å²) in [6.45, 7) is 7.73. The van der Waals surface area contributed by atoms with Crippen molar-refractivity contribution < 1.29 is 9.59 Å². The molecule has 1 aliphatic rings. The van der Waals surface area contributed by atoms with Gasteiger partial charge in [-0.05, 0) is 17.9 Å². The van der Waals surface area contributed by atoms with Crippen LogP contribution in [0.25, 0.3) is 0 Å². The highest BCUT2D eigenvalue weighted by molar-refractivity contribution is 5.85. The van der Waals surface area contributed by atoms with Crippen molar-refractivity contribution in [2.24, 2.45) is 11.7 Å². The van der Waals surface area contributed by atoms with E-state index in [2.05, 4.69) is 24.1 Å². The number of hydrogen-bond donors (Lipinski definition) is 2. The maximum atomic E-state index is 12.3. The monoisotopic (exact) mass is 418 g/mol. The summed E-state index contributed by atoms with van der Waals surface area (Å²) in [6, 6.07) is 9.44. The van der Waals surface area contributed by atoms with Crippen molar-refractivity contribution in [2.45, 2.75) is 32.9 Å². The number of halogens is 2. The minimum atomic E-state index is -0.416. The van der Waals surface area contributed by atoms with Gasteiger partial charge in [0.1, 0.15) is 0 Å². The Hall–Kier alpha value is -1.34. The first-order chi connectivity index (χ1) is 12.0. The van der Waals surface area contributed by atoms with Gasteiger partial charge in [-0.1, -0.05) is 44.2 Å². The molecule has 1 saturated heterocycles. The summed E-state index contributed by atoms with van der Waals surface area (Å²) in [5.41, 5.74) is 7.08. The Morgan fingerprint density at radius 3 is 2.22 bits per heavy atom. The number of benzene rings is 1. The summed E-state index contributed by atoms with van der Waals surface area (Å²) in [5, 5.41) is 2.94. The van der Waals surface area contributed by atoms with Crippen LogP contribution >= 0.6 is 24.8 Å². The van der Waals surface area contributed by atoms with Gasteiger partial charge in [0.2, 0.25) is 11.8 Å². The SMILES string of the molecule is CC(C)C[C@H](N)C(=O)N1CCN(CC(=O)NCc2ccccc2)CC1.Cl.Cl. The summed E-state index contributed by atoms with van der Waals surface area (Å²) in [4.78, 5) is 28.3. The third kappa shape index (κ3) is 8.93. The lowest BCUT2D eigenvalue weighted by molar-refractivity contribution is -0.135. The van der Waals surface area contributed by atoms with Crippen molar-refractivity contribution in [3.63, 3.8) is 0 Å². The molecule has 27 heavy (non-hydrogen) atoms. The van der Waals surface area contributed by atoms with Crippen molar-refractivity contribution in [3.8, 4) is 0 Å². The number of carbonyl (C=O) groups is 2. The summed E-state index contributed by atoms with van der Waals surface area (Å²) in [6.07, 6.45) is 0.709. The second kappa shape index (κ2) is 12.9. The smallest absolute Gasteiger partial charge is 0.239 e. The number of piperazine rings is 1. The van der Waals surface area contributed by atoms with Crippen LogP contribution in [0.5, 0.6) is 0 Å². The number of carbonyl (C=O) groups excluding carboxylic acids is 2. The van der Waals surface area contributed by atoms with Gasteiger partial charge in [0.25, 0.3) is 0 Å². The molecule has 1 atom stereocenters. The van der Waals surface area contributed by atoms with Crippen LogP contribution in [0.3, 0.4) is 0 Å². The summed E-state index contributed by atoms with van der Waals surface area (Å²) in [5.74, 6) is 0.454. The van der Waals surface area contributed by atoms with Gasteiger partial charge < -0.3 is 16.0 Å². The molecule has 0 aromatic heterocycles. The molecule has 1 aliphatic heterocycles. The molecule has 0 radical (unpaired) electrons. The lowest BCUT2D eigenvalue weighted by Crippen LogP contribution is -2.54. The van der Waals surface area contributed by atoms with Crippen LogP contribution in [0.1, 0.15) is 25.8 Å². The van der Waals surface area contributed by atoms with E-state index in [-0.39, 0.29) is 36.6 Å². The molecule has 6 nitrogen and oxygen atoms in total. The lowest BCUT2D eigenvalue weighted by Gasteiger charge is -2.35. The molecule has 3 N–H and O–H groups in total. The molecular formula is C19H32Cl2N4O2. The van der Waals surface area contributed by atoms with Crippen molar-refractivity contribution >= 4 is 36.6 Å². The quantitative estimate of drug-likeness (QED) is 0.705. The molecule has 0 aliphatic carbocycles. The van der Waals surface area contributed by atoms with Crippen molar-refractivity contribution in [3.05, 3.63) is 35.9 Å². The van der Waals surface area contributed by atoms with E-state index in [0.29, 0.717) is 51.6 Å². The zero-order chi connectivity index (χ0) is 18.2. The normalized spacial score (nSPS) is 15.5. The van der Waals surface area contributed by atoms with Gasteiger partial charge in [0.15, 0.2) is 0 Å². The number of rotatable bonds is 7. The zero-order valence-corrected chi connectivity index (χ0v) is 17.7. The van der Waals surface area contributed by atoms with E-state index < -0.39 is 6.04 Å². The minimum absolute atomic E-state index is 0. The standard InChI is InChI=1S/C19H30N4O2.2ClH/c1-15(2)12-17(20)19(25)23-10-8-22(9-11-23)14-18(24)21-13-16-6-4-3-5-7-16;;/h3-7,15,17H,8-14,20H2,1-2H3,(H,21,24);2*1H/t17-;;/m0../s1. The average Bonchev–Trinajstić information content (AvgIpc) is 2.60. The highest BCUT2D eigenvalue weighted by Gasteiger charge is 2.26. The minimum Gasteiger partial charge on any atom is -0.351 e. The second-order valence-electron chi connectivity index (χ2n) is 7.10. The first-order valence-electron chi connectivity index (χ1n) is 9.03. The molecule has 0 saturated carbocycles. The van der Waals surface area contributed by atoms with Crippen LogP contribution in [0.4, 0.5) is 0 Å². The fourth-order valence-electron chi connectivity index (χ4n) is 3.03. The molecule has 0 unspecified atom stereocenters. The number of amides is 2. The van der Waals surface area contributed by atoms with Gasteiger partial charge in [-0.3, -0.25) is 14.5 Å². The molecule has 2 rings (SSSR count). The largest absolute Gasteiger partial charge is 0.351 e. The fourth-order valence-corrected chi connectivity index (χ4v) is 3.03. The summed E-state index contributed by atoms with van der Waals surface area (Å²) < 4.78 is 0. The molecule has 1 aromatic rings. The Labute approximate surface area is 174 Å². The van der Waals surface area contributed by atoms with Crippen LogP contribution in [-0.2, 0) is 16.1 Å². The zero-order valence-electron chi connectivity index (χ0n) is 16.1. The van der Waals surface area contributed by atoms with Crippen molar-refractivity contribution in [1.82, 2.24) is 15.1 Å². The maximum Gasteiger partial charge on any atom is 0.239 e. The number of nitrogens with two attached hydrogens (primary N) is 1. The number of nitrogens with one attached hydrogen (secondary N) is 1. The second-order valence-corrected chi connectivity index (χ2v) is 7.10. The molecule has 2 amide bonds. The molecule has 0 spiro atoms. The Balaban J connectivity index is 0.00000338. The van der Waals surface area contributed by atoms with E-state index in [0.717, 1.165) is 5.56 Å². The van der Waals surface area contributed by atoms with Crippen molar-refractivity contribution in [2.75, 3.05) is 32.7 Å². The summed E-state index contributed by atoms with van der Waals surface area (Å²) >= 11 is 0. The van der Waals surface area contributed by atoms with E-state index in [1.165, 1.54) is 0 Å². The molecule has 0 bridgehead atoms. The van der Waals surface area contributed by atoms with Gasteiger partial charge in [-0.15, -0.1) is 24.8 Å². The average molecular weight is 419 g/mol. The van der Waals surface area contributed by atoms with E-state index >= 15 is 0 Å². The Morgan fingerprint density at radius 2 is 1.67 bits per heavy atom. The third-order valence-corrected chi connectivity index (χ3v) is 4.43. The maximum absolute atomic E-state index is 12.3. The molecule has 1 aromatic carbocycles. The highest BCUT2D eigenvalue weighted by atomic mass is 35.5. The molecular weight excluding hydrogens is 387 g/mol. The third-order valence-electron chi connectivity index (χ3n) is 4.43. The summed E-state index contributed by atoms with van der Waals surface area (Å²) in [7, 11) is 0. The van der Waals surface area contributed by atoms with Crippen LogP contribution in [-0.4, -0.2) is 60.4 Å². The molecule has 1 heterocycles. The predicted octanol–water partition coefficient (Wildman–Crippen LogP) is 1.66. The Morgan fingerprint density at radius 1 is 1.07 bits per heavy atom. The molecule has 154 valence electrons. The van der Waals surface area contributed by atoms with Crippen LogP contribution < -0.4 is 11.1 Å². The Kier molecular flexibility index (Phi) is 12.3. The highest BCUT2D eigenvalue weighted by Crippen LogP contribution is 2.09. The van der Waals surface area contributed by atoms with Gasteiger partial charge >= 0.3 is 0 Å². The first-order valence-corrected chi connectivity index (χ1v) is 9.03. The lowest BCUT2D eigenvalue weighted by atomic mass is 10.0. The van der Waals surface area contributed by atoms with Gasteiger partial charge in [0.05, 0.1) is 12.6 Å². The van der Waals surface area contributed by atoms with Crippen molar-refractivity contribution in [1.29, 1.82) is 0 Å². The van der Waals surface area contributed by atoms with Gasteiger partial charge in [-0.2, -0.15) is 0 Å². The first kappa shape index (κ1) is 25.7. The van der Waals surface area contributed by atoms with Crippen LogP contribution in [0.15, 0.2) is 30.3 Å². The fraction of sp³-hybridized carbons (Fsp3) is 0.579.